The van der Waals surface area contributed by atoms with Gasteiger partial charge in [-0.2, -0.15) is 5.10 Å². The van der Waals surface area contributed by atoms with Crippen LogP contribution in [0.15, 0.2) is 30.7 Å². The first-order valence-electron chi connectivity index (χ1n) is 7.10. The average Bonchev–Trinajstić information content (AvgIpc) is 3.07. The van der Waals surface area contributed by atoms with Gasteiger partial charge in [-0.1, -0.05) is 0 Å². The number of pyridine rings is 1. The minimum Gasteiger partial charge on any atom is -0.394 e. The van der Waals surface area contributed by atoms with Gasteiger partial charge in [0.05, 0.1) is 18.5 Å². The number of nitrogens with one attached hydrogen (secondary N) is 1. The summed E-state index contributed by atoms with van der Waals surface area (Å²) in [4.78, 5) is 3.97. The van der Waals surface area contributed by atoms with Gasteiger partial charge in [-0.3, -0.25) is 4.98 Å². The molecule has 3 rings (SSSR count). The zero-order valence-corrected chi connectivity index (χ0v) is 14.2. The van der Waals surface area contributed by atoms with E-state index in [-0.39, 0.29) is 6.61 Å². The highest BCUT2D eigenvalue weighted by molar-refractivity contribution is 14.1. The zero-order chi connectivity index (χ0) is 16.4. The molecule has 9 heteroatoms. The predicted octanol–water partition coefficient (Wildman–Crippen LogP) is 0.106. The smallest absolute Gasteiger partial charge is 0.179 e. The number of aliphatic hydroxyl groups excluding tert-OH is 3. The molecule has 124 valence electrons. The minimum absolute atomic E-state index is 0.361. The molecule has 0 spiro atoms. The average molecular weight is 432 g/mol. The summed E-state index contributed by atoms with van der Waals surface area (Å²) < 4.78 is 7.64. The van der Waals surface area contributed by atoms with Gasteiger partial charge in [0, 0.05) is 18.9 Å². The molecule has 8 nitrogen and oxygen atoms in total. The Hall–Kier alpha value is -1.27. The summed E-state index contributed by atoms with van der Waals surface area (Å²) >= 11 is 2.08. The third-order valence-electron chi connectivity index (χ3n) is 3.70. The van der Waals surface area contributed by atoms with Crippen molar-refractivity contribution in [3.05, 3.63) is 40.0 Å². The van der Waals surface area contributed by atoms with E-state index in [0.29, 0.717) is 6.54 Å². The Morgan fingerprint density at radius 2 is 2.00 bits per heavy atom. The number of aromatic nitrogens is 3. The highest BCUT2D eigenvalue weighted by atomic mass is 127. The zero-order valence-electron chi connectivity index (χ0n) is 12.1. The van der Waals surface area contributed by atoms with Crippen LogP contribution in [-0.4, -0.2) is 55.0 Å². The summed E-state index contributed by atoms with van der Waals surface area (Å²) in [6.07, 6.45) is 1.24. The Morgan fingerprint density at radius 1 is 1.26 bits per heavy atom. The molecular weight excluding hydrogens is 415 g/mol. The predicted molar refractivity (Wildman–Crippen MR) is 89.5 cm³/mol. The lowest BCUT2D eigenvalue weighted by Gasteiger charge is -2.14. The summed E-state index contributed by atoms with van der Waals surface area (Å²) in [7, 11) is 0. The van der Waals surface area contributed by atoms with E-state index in [9.17, 15) is 10.2 Å². The number of nitrogens with zero attached hydrogens (tertiary/aromatic N) is 3. The van der Waals surface area contributed by atoms with Crippen LogP contribution in [0.1, 0.15) is 11.8 Å². The second-order valence-electron chi connectivity index (χ2n) is 5.25. The topological polar surface area (TPSA) is 113 Å². The Bertz CT molecular complexity index is 653. The first-order valence-corrected chi connectivity index (χ1v) is 8.18. The van der Waals surface area contributed by atoms with E-state index in [1.165, 1.54) is 4.68 Å². The van der Waals surface area contributed by atoms with Crippen molar-refractivity contribution >= 4 is 28.3 Å². The number of hydrogen-bond donors (Lipinski definition) is 4. The maximum absolute atomic E-state index is 10.0. The van der Waals surface area contributed by atoms with Crippen molar-refractivity contribution in [3.63, 3.8) is 0 Å². The SMILES string of the molecule is OC[C@@H]1O[C@@H](n2cc(NCc3ccncc3)c(I)n2)[C@H](O)[C@@H]1O. The van der Waals surface area contributed by atoms with E-state index in [2.05, 4.69) is 38.0 Å². The van der Waals surface area contributed by atoms with Crippen molar-refractivity contribution in [3.8, 4) is 0 Å². The standard InChI is InChI=1S/C14H17IN4O4/c15-13-9(17-5-8-1-3-16-4-2-8)6-19(18-13)14-12(22)11(21)10(7-20)23-14/h1-4,6,10-12,14,17,20-22H,5,7H2/t10-,11+,12+,14+/m0/s1. The van der Waals surface area contributed by atoms with Crippen molar-refractivity contribution < 1.29 is 20.1 Å². The van der Waals surface area contributed by atoms with Gasteiger partial charge < -0.3 is 25.4 Å². The molecule has 0 saturated carbocycles. The van der Waals surface area contributed by atoms with E-state index < -0.39 is 24.5 Å². The van der Waals surface area contributed by atoms with Crippen LogP contribution in [0, 0.1) is 3.70 Å². The molecule has 3 heterocycles. The van der Waals surface area contributed by atoms with Crippen LogP contribution in [0.25, 0.3) is 0 Å². The number of rotatable bonds is 5. The van der Waals surface area contributed by atoms with E-state index in [1.807, 2.05) is 12.1 Å². The summed E-state index contributed by atoms with van der Waals surface area (Å²) in [5.74, 6) is 0. The minimum atomic E-state index is -1.14. The van der Waals surface area contributed by atoms with Gasteiger partial charge in [-0.05, 0) is 40.3 Å². The molecule has 1 fully saturated rings. The summed E-state index contributed by atoms with van der Waals surface area (Å²) in [5, 5.41) is 36.6. The molecule has 0 radical (unpaired) electrons. The summed E-state index contributed by atoms with van der Waals surface area (Å²) in [6, 6.07) is 3.83. The maximum Gasteiger partial charge on any atom is 0.179 e. The molecule has 0 bridgehead atoms. The van der Waals surface area contributed by atoms with Gasteiger partial charge in [0.1, 0.15) is 22.0 Å². The summed E-state index contributed by atoms with van der Waals surface area (Å²) in [6.45, 7) is 0.250. The van der Waals surface area contributed by atoms with E-state index in [4.69, 9.17) is 9.84 Å². The molecule has 23 heavy (non-hydrogen) atoms. The van der Waals surface area contributed by atoms with Crippen LogP contribution in [-0.2, 0) is 11.3 Å². The molecule has 1 saturated heterocycles. The largest absolute Gasteiger partial charge is 0.394 e. The number of ether oxygens (including phenoxy) is 1. The monoisotopic (exact) mass is 432 g/mol. The molecule has 0 amide bonds. The van der Waals surface area contributed by atoms with Crippen LogP contribution in [0.5, 0.6) is 0 Å². The van der Waals surface area contributed by atoms with Gasteiger partial charge in [0.25, 0.3) is 0 Å². The molecule has 0 aliphatic carbocycles. The number of aliphatic hydroxyl groups is 3. The number of hydrogen-bond acceptors (Lipinski definition) is 7. The highest BCUT2D eigenvalue weighted by Crippen LogP contribution is 2.30. The molecule has 2 aromatic heterocycles. The normalized spacial score (nSPS) is 27.3. The van der Waals surface area contributed by atoms with E-state index in [1.54, 1.807) is 18.6 Å². The molecule has 0 unspecified atom stereocenters. The van der Waals surface area contributed by atoms with Crippen LogP contribution < -0.4 is 5.32 Å². The number of anilines is 1. The van der Waals surface area contributed by atoms with Crippen LogP contribution in [0.4, 0.5) is 5.69 Å². The van der Waals surface area contributed by atoms with Crippen LogP contribution >= 0.6 is 22.6 Å². The van der Waals surface area contributed by atoms with E-state index in [0.717, 1.165) is 15.0 Å². The highest BCUT2D eigenvalue weighted by Gasteiger charge is 2.43. The quantitative estimate of drug-likeness (QED) is 0.496. The Morgan fingerprint density at radius 3 is 2.65 bits per heavy atom. The van der Waals surface area contributed by atoms with Gasteiger partial charge in [0.15, 0.2) is 6.23 Å². The Balaban J connectivity index is 1.71. The molecule has 1 aliphatic heterocycles. The molecule has 1 aliphatic rings. The lowest BCUT2D eigenvalue weighted by molar-refractivity contribution is -0.0587. The van der Waals surface area contributed by atoms with Crippen molar-refractivity contribution in [2.45, 2.75) is 31.1 Å². The van der Waals surface area contributed by atoms with Gasteiger partial charge in [-0.15, -0.1) is 0 Å². The molecular formula is C14H17IN4O4. The summed E-state index contributed by atoms with van der Waals surface area (Å²) in [5.41, 5.74) is 1.87. The van der Waals surface area contributed by atoms with E-state index >= 15 is 0 Å². The fourth-order valence-electron chi connectivity index (χ4n) is 2.42. The van der Waals surface area contributed by atoms with Gasteiger partial charge in [0.2, 0.25) is 0 Å². The second-order valence-corrected chi connectivity index (χ2v) is 6.27. The fraction of sp³-hybridized carbons (Fsp3) is 0.429. The number of halogens is 1. The Kier molecular flexibility index (Phi) is 5.11. The first-order chi connectivity index (χ1) is 11.1. The second kappa shape index (κ2) is 7.09. The van der Waals surface area contributed by atoms with Crippen molar-refractivity contribution in [2.75, 3.05) is 11.9 Å². The van der Waals surface area contributed by atoms with Crippen LogP contribution in [0.2, 0.25) is 0 Å². The van der Waals surface area contributed by atoms with Crippen LogP contribution in [0.3, 0.4) is 0 Å². The maximum atomic E-state index is 10.0. The van der Waals surface area contributed by atoms with Crippen molar-refractivity contribution in [1.82, 2.24) is 14.8 Å². The van der Waals surface area contributed by atoms with Gasteiger partial charge >= 0.3 is 0 Å². The third-order valence-corrected chi connectivity index (χ3v) is 4.49. The first kappa shape index (κ1) is 16.6. The molecule has 4 atom stereocenters. The van der Waals surface area contributed by atoms with Crippen molar-refractivity contribution in [1.29, 1.82) is 0 Å². The van der Waals surface area contributed by atoms with Crippen molar-refractivity contribution in [2.24, 2.45) is 0 Å². The Labute approximate surface area is 146 Å². The third kappa shape index (κ3) is 3.48. The van der Waals surface area contributed by atoms with Gasteiger partial charge in [-0.25, -0.2) is 4.68 Å². The molecule has 2 aromatic rings. The molecule has 0 aromatic carbocycles. The fourth-order valence-corrected chi connectivity index (χ4v) is 2.99. The lowest BCUT2D eigenvalue weighted by atomic mass is 10.1. The lowest BCUT2D eigenvalue weighted by Crippen LogP contribution is -2.33. The molecule has 4 N–H and O–H groups in total.